The minimum Gasteiger partial charge on any atom is -0.465 e. The largest absolute Gasteiger partial charge is 0.465 e. The number of aromatic nitrogens is 4. The topological polar surface area (TPSA) is 141 Å². The number of hydrogen-bond donors (Lipinski definition) is 3. The zero-order valence-electron chi connectivity index (χ0n) is 22.7. The van der Waals surface area contributed by atoms with E-state index >= 15 is 0 Å². The molecule has 3 aromatic rings. The fraction of sp³-hybridized carbons (Fsp3) is 0.538. The number of nitrogens with two attached hydrogens (primary N) is 1. The molecule has 39 heavy (non-hydrogen) atoms. The number of carbonyl (C=O) groups is 1. The van der Waals surface area contributed by atoms with Crippen LogP contribution in [0.4, 0.5) is 10.6 Å². The van der Waals surface area contributed by atoms with E-state index in [4.69, 9.17) is 20.2 Å². The smallest absolute Gasteiger partial charge is 0.408 e. The Morgan fingerprint density at radius 1 is 1.26 bits per heavy atom. The quantitative estimate of drug-likeness (QED) is 0.128. The maximum atomic E-state index is 12.2. The molecule has 1 amide bonds. The van der Waals surface area contributed by atoms with Crippen LogP contribution in [0.15, 0.2) is 28.5 Å². The van der Waals surface area contributed by atoms with Crippen molar-refractivity contribution in [2.24, 2.45) is 0 Å². The zero-order chi connectivity index (χ0) is 28.2. The predicted octanol–water partition coefficient (Wildman–Crippen LogP) is 5.56. The van der Waals surface area contributed by atoms with Crippen molar-refractivity contribution in [2.45, 2.75) is 88.1 Å². The van der Waals surface area contributed by atoms with Crippen molar-refractivity contribution in [2.75, 3.05) is 19.1 Å². The van der Waals surface area contributed by atoms with Gasteiger partial charge in [-0.1, -0.05) is 37.9 Å². The van der Waals surface area contributed by atoms with Gasteiger partial charge >= 0.3 is 6.09 Å². The van der Waals surface area contributed by atoms with Crippen LogP contribution in [0.1, 0.15) is 59.8 Å². The number of rotatable bonds is 12. The lowest BCUT2D eigenvalue weighted by Crippen LogP contribution is -2.56. The van der Waals surface area contributed by atoms with Gasteiger partial charge in [-0.15, -0.1) is 0 Å². The highest BCUT2D eigenvalue weighted by Crippen LogP contribution is 2.41. The molecule has 1 unspecified atom stereocenters. The van der Waals surface area contributed by atoms with Gasteiger partial charge in [0.25, 0.3) is 0 Å². The number of imidazole rings is 1. The van der Waals surface area contributed by atoms with Crippen LogP contribution < -0.4 is 20.5 Å². The Kier molecular flexibility index (Phi) is 9.64. The Hall–Kier alpha value is -2.52. The maximum Gasteiger partial charge on any atom is 0.408 e. The van der Waals surface area contributed by atoms with Gasteiger partial charge in [0, 0.05) is 20.5 Å². The van der Waals surface area contributed by atoms with Crippen LogP contribution in [0, 0.1) is 3.57 Å². The molecule has 1 aromatic carbocycles. The summed E-state index contributed by atoms with van der Waals surface area (Å²) in [4.78, 5) is 28.1. The maximum absolute atomic E-state index is 12.2. The first-order valence-corrected chi connectivity index (χ1v) is 15.0. The van der Waals surface area contributed by atoms with Crippen LogP contribution in [0.5, 0.6) is 11.5 Å². The van der Waals surface area contributed by atoms with Gasteiger partial charge in [0.05, 0.1) is 6.17 Å². The second kappa shape index (κ2) is 12.8. The molecule has 0 spiro atoms. The minimum absolute atomic E-state index is 0.213. The summed E-state index contributed by atoms with van der Waals surface area (Å²) in [6.07, 6.45) is 4.88. The highest BCUT2D eigenvalue weighted by Gasteiger charge is 2.32. The third-order valence-electron chi connectivity index (χ3n) is 6.41. The Balaban J connectivity index is 1.52. The van der Waals surface area contributed by atoms with E-state index in [1.807, 2.05) is 37.5 Å². The highest BCUT2D eigenvalue weighted by molar-refractivity contribution is 14.1. The van der Waals surface area contributed by atoms with E-state index in [9.17, 15) is 9.90 Å². The van der Waals surface area contributed by atoms with Crippen molar-refractivity contribution >= 4 is 57.4 Å². The Morgan fingerprint density at radius 3 is 2.69 bits per heavy atom. The SMILES string of the molecule is CCCCCC(NCCCn1c(Sc2cc3c(cc2I)OCO3)nc2c(N)ncnc21)N(C(=O)O)C(C)(C)C. The van der Waals surface area contributed by atoms with E-state index in [-0.39, 0.29) is 13.0 Å². The van der Waals surface area contributed by atoms with Gasteiger partial charge in [0.1, 0.15) is 6.33 Å². The molecule has 1 aliphatic heterocycles. The molecule has 1 atom stereocenters. The molecule has 0 saturated carbocycles. The van der Waals surface area contributed by atoms with Crippen molar-refractivity contribution in [3.05, 3.63) is 22.0 Å². The van der Waals surface area contributed by atoms with Crippen LogP contribution in [0.25, 0.3) is 11.2 Å². The monoisotopic (exact) mass is 669 g/mol. The molecule has 4 rings (SSSR count). The lowest BCUT2D eigenvalue weighted by atomic mass is 10.0. The predicted molar refractivity (Wildman–Crippen MR) is 159 cm³/mol. The van der Waals surface area contributed by atoms with Gasteiger partial charge in [-0.05, 0) is 74.9 Å². The number of hydrogen-bond acceptors (Lipinski definition) is 9. The van der Waals surface area contributed by atoms with Crippen LogP contribution in [0.3, 0.4) is 0 Å². The number of carboxylic acid groups (broad SMARTS) is 1. The van der Waals surface area contributed by atoms with Crippen LogP contribution in [0.2, 0.25) is 0 Å². The molecule has 0 radical (unpaired) electrons. The van der Waals surface area contributed by atoms with Crippen LogP contribution in [-0.4, -0.2) is 60.7 Å². The van der Waals surface area contributed by atoms with Crippen molar-refractivity contribution in [3.8, 4) is 11.5 Å². The molecule has 212 valence electrons. The number of ether oxygens (including phenoxy) is 2. The van der Waals surface area contributed by atoms with Crippen molar-refractivity contribution in [1.29, 1.82) is 0 Å². The van der Waals surface area contributed by atoms with Gasteiger partial charge in [0.15, 0.2) is 33.6 Å². The number of nitrogen functional groups attached to an aromatic ring is 1. The molecule has 4 N–H and O–H groups in total. The molecule has 1 aliphatic rings. The number of halogens is 1. The normalized spacial score (nSPS) is 13.7. The number of nitrogens with one attached hydrogen (secondary N) is 1. The third kappa shape index (κ3) is 6.98. The summed E-state index contributed by atoms with van der Waals surface area (Å²) >= 11 is 3.79. The number of nitrogens with zero attached hydrogens (tertiary/aromatic N) is 5. The molecule has 11 nitrogen and oxygen atoms in total. The Morgan fingerprint density at radius 2 is 2.00 bits per heavy atom. The Labute approximate surface area is 246 Å². The van der Waals surface area contributed by atoms with Crippen molar-refractivity contribution in [3.63, 3.8) is 0 Å². The van der Waals surface area contributed by atoms with Crippen molar-refractivity contribution < 1.29 is 19.4 Å². The number of fused-ring (bicyclic) bond motifs is 2. The average Bonchev–Trinajstić information content (AvgIpc) is 3.45. The lowest BCUT2D eigenvalue weighted by Gasteiger charge is -2.40. The highest BCUT2D eigenvalue weighted by atomic mass is 127. The number of amides is 1. The van der Waals surface area contributed by atoms with Gasteiger partial charge in [-0.3, -0.25) is 10.2 Å². The van der Waals surface area contributed by atoms with Gasteiger partial charge in [-0.25, -0.2) is 19.7 Å². The zero-order valence-corrected chi connectivity index (χ0v) is 25.7. The molecule has 3 heterocycles. The fourth-order valence-corrected chi connectivity index (χ4v) is 6.31. The van der Waals surface area contributed by atoms with E-state index in [0.29, 0.717) is 35.8 Å². The first kappa shape index (κ1) is 29.5. The average molecular weight is 670 g/mol. The molecule has 0 bridgehead atoms. The molecule has 0 fully saturated rings. The van der Waals surface area contributed by atoms with Gasteiger partial charge in [-0.2, -0.15) is 0 Å². The molecular weight excluding hydrogens is 633 g/mol. The van der Waals surface area contributed by atoms with Crippen molar-refractivity contribution in [1.82, 2.24) is 29.7 Å². The first-order valence-electron chi connectivity index (χ1n) is 13.1. The second-order valence-corrected chi connectivity index (χ2v) is 12.5. The number of anilines is 1. The molecule has 13 heteroatoms. The molecule has 2 aromatic heterocycles. The van der Waals surface area contributed by atoms with E-state index in [2.05, 4.69) is 44.8 Å². The summed E-state index contributed by atoms with van der Waals surface area (Å²) < 4.78 is 14.1. The van der Waals surface area contributed by atoms with Crippen LogP contribution >= 0.6 is 34.4 Å². The van der Waals surface area contributed by atoms with E-state index in [0.717, 1.165) is 51.5 Å². The first-order chi connectivity index (χ1) is 18.6. The fourth-order valence-electron chi connectivity index (χ4n) is 4.59. The number of unbranched alkanes of at least 4 members (excludes halogenated alkanes) is 2. The third-order valence-corrected chi connectivity index (χ3v) is 8.72. The van der Waals surface area contributed by atoms with E-state index in [1.54, 1.807) is 0 Å². The summed E-state index contributed by atoms with van der Waals surface area (Å²) in [7, 11) is 0. The van der Waals surface area contributed by atoms with Crippen LogP contribution in [-0.2, 0) is 6.54 Å². The Bertz CT molecular complexity index is 1310. The molecular formula is C26H36IN7O4S. The standard InChI is InChI=1S/C26H36IN7O4S/c1-5-6-7-9-20(34(25(35)36)26(2,3)4)29-10-8-11-33-23-21(22(28)30-14-31-23)32-24(33)39-19-13-18-17(12-16(19)27)37-15-38-18/h12-14,20,29H,5-11,15H2,1-4H3,(H,35,36)(H2,28,30,31). The minimum atomic E-state index is -0.915. The summed E-state index contributed by atoms with van der Waals surface area (Å²) in [5.41, 5.74) is 6.85. The van der Waals surface area contributed by atoms with E-state index < -0.39 is 11.6 Å². The molecule has 0 aliphatic carbocycles. The second-order valence-electron chi connectivity index (χ2n) is 10.4. The summed E-state index contributed by atoms with van der Waals surface area (Å²) in [5, 5.41) is 14.2. The summed E-state index contributed by atoms with van der Waals surface area (Å²) in [5.74, 6) is 1.77. The van der Waals surface area contributed by atoms with E-state index in [1.165, 1.54) is 23.0 Å². The lowest BCUT2D eigenvalue weighted by molar-refractivity contribution is 0.0538. The summed E-state index contributed by atoms with van der Waals surface area (Å²) in [6.45, 7) is 9.39. The van der Waals surface area contributed by atoms with Gasteiger partial charge in [0.2, 0.25) is 6.79 Å². The van der Waals surface area contributed by atoms with Gasteiger partial charge < -0.3 is 24.9 Å². The summed E-state index contributed by atoms with van der Waals surface area (Å²) in [6, 6.07) is 3.92. The number of benzene rings is 1. The molecule has 0 saturated heterocycles. The number of aryl methyl sites for hydroxylation is 1.